The first-order valence-corrected chi connectivity index (χ1v) is 10.3. The summed E-state index contributed by atoms with van der Waals surface area (Å²) in [6.07, 6.45) is 15.8. The monoisotopic (exact) mass is 360 g/mol. The number of carbonyl (C=O) groups is 2. The van der Waals surface area contributed by atoms with Gasteiger partial charge in [0, 0.05) is 18.3 Å². The molecular formula is C20H32N4O2. The Balaban J connectivity index is 1.47. The van der Waals surface area contributed by atoms with E-state index in [1.807, 2.05) is 0 Å². The largest absolute Gasteiger partial charge is 0.352 e. The Bertz CT molecular complexity index is 582. The predicted octanol–water partition coefficient (Wildman–Crippen LogP) is 3.17. The van der Waals surface area contributed by atoms with Gasteiger partial charge < -0.3 is 10.6 Å². The summed E-state index contributed by atoms with van der Waals surface area (Å²) in [6.45, 7) is 0.174. The first-order chi connectivity index (χ1) is 12.7. The van der Waals surface area contributed by atoms with Crippen molar-refractivity contribution in [1.82, 2.24) is 20.4 Å². The topological polar surface area (TPSA) is 76.0 Å². The number of hydrogen-bond acceptors (Lipinski definition) is 3. The molecule has 1 heterocycles. The predicted molar refractivity (Wildman–Crippen MR) is 101 cm³/mol. The van der Waals surface area contributed by atoms with Crippen molar-refractivity contribution >= 4 is 11.8 Å². The van der Waals surface area contributed by atoms with Crippen LogP contribution in [0.2, 0.25) is 0 Å². The quantitative estimate of drug-likeness (QED) is 0.792. The molecule has 0 saturated heterocycles. The Morgan fingerprint density at radius 1 is 0.885 bits per heavy atom. The molecule has 144 valence electrons. The van der Waals surface area contributed by atoms with Gasteiger partial charge in [-0.1, -0.05) is 51.4 Å². The SMILES string of the molecule is O=C(Cn1ccc(C(=O)NC2CCCCCC2)n1)NC1CCCCCC1. The van der Waals surface area contributed by atoms with Crippen LogP contribution in [0.25, 0.3) is 0 Å². The van der Waals surface area contributed by atoms with Crippen molar-refractivity contribution in [2.24, 2.45) is 0 Å². The number of rotatable bonds is 5. The summed E-state index contributed by atoms with van der Waals surface area (Å²) in [7, 11) is 0. The molecule has 1 aromatic rings. The van der Waals surface area contributed by atoms with Crippen molar-refractivity contribution in [3.8, 4) is 0 Å². The third-order valence-corrected chi connectivity index (χ3v) is 5.59. The highest BCUT2D eigenvalue weighted by atomic mass is 16.2. The van der Waals surface area contributed by atoms with Gasteiger partial charge in [-0.2, -0.15) is 5.10 Å². The van der Waals surface area contributed by atoms with Crippen LogP contribution in [0.3, 0.4) is 0 Å². The number of nitrogens with zero attached hydrogens (tertiary/aromatic N) is 2. The summed E-state index contributed by atoms with van der Waals surface area (Å²) >= 11 is 0. The number of nitrogens with one attached hydrogen (secondary N) is 2. The van der Waals surface area contributed by atoms with Crippen LogP contribution in [0.15, 0.2) is 12.3 Å². The molecule has 0 unspecified atom stereocenters. The van der Waals surface area contributed by atoms with Gasteiger partial charge in [0.2, 0.25) is 5.91 Å². The van der Waals surface area contributed by atoms with E-state index in [-0.39, 0.29) is 24.4 Å². The van der Waals surface area contributed by atoms with Gasteiger partial charge in [0.1, 0.15) is 12.2 Å². The van der Waals surface area contributed by atoms with Gasteiger partial charge in [-0.3, -0.25) is 14.3 Å². The van der Waals surface area contributed by atoms with E-state index in [9.17, 15) is 9.59 Å². The van der Waals surface area contributed by atoms with E-state index >= 15 is 0 Å². The van der Waals surface area contributed by atoms with Crippen molar-refractivity contribution in [1.29, 1.82) is 0 Å². The molecule has 1 aromatic heterocycles. The Morgan fingerprint density at radius 2 is 1.42 bits per heavy atom. The number of aromatic nitrogens is 2. The van der Waals surface area contributed by atoms with E-state index in [0.717, 1.165) is 25.7 Å². The molecule has 0 atom stereocenters. The van der Waals surface area contributed by atoms with Gasteiger partial charge in [-0.15, -0.1) is 0 Å². The zero-order valence-corrected chi connectivity index (χ0v) is 15.7. The molecule has 2 saturated carbocycles. The highest BCUT2D eigenvalue weighted by molar-refractivity contribution is 5.92. The Labute approximate surface area is 156 Å². The maximum atomic E-state index is 12.4. The lowest BCUT2D eigenvalue weighted by Gasteiger charge is -2.16. The molecule has 3 rings (SSSR count). The molecule has 0 aliphatic heterocycles. The molecule has 0 radical (unpaired) electrons. The maximum absolute atomic E-state index is 12.4. The number of hydrogen-bond donors (Lipinski definition) is 2. The number of carbonyl (C=O) groups excluding carboxylic acids is 2. The molecule has 26 heavy (non-hydrogen) atoms. The van der Waals surface area contributed by atoms with E-state index in [1.54, 1.807) is 16.9 Å². The zero-order chi connectivity index (χ0) is 18.2. The van der Waals surface area contributed by atoms with Crippen molar-refractivity contribution in [2.75, 3.05) is 0 Å². The zero-order valence-electron chi connectivity index (χ0n) is 15.7. The molecule has 0 bridgehead atoms. The van der Waals surface area contributed by atoms with E-state index in [2.05, 4.69) is 15.7 Å². The molecule has 0 aromatic carbocycles. The van der Waals surface area contributed by atoms with Crippen molar-refractivity contribution in [3.63, 3.8) is 0 Å². The highest BCUT2D eigenvalue weighted by Crippen LogP contribution is 2.18. The second-order valence-corrected chi connectivity index (χ2v) is 7.82. The molecule has 2 aliphatic rings. The molecule has 0 spiro atoms. The van der Waals surface area contributed by atoms with Crippen LogP contribution in [0.4, 0.5) is 0 Å². The average molecular weight is 361 g/mol. The summed E-state index contributed by atoms with van der Waals surface area (Å²) in [5.41, 5.74) is 0.400. The molecule has 6 heteroatoms. The molecule has 2 amide bonds. The van der Waals surface area contributed by atoms with Crippen LogP contribution < -0.4 is 10.6 Å². The highest BCUT2D eigenvalue weighted by Gasteiger charge is 2.18. The fourth-order valence-electron chi connectivity index (χ4n) is 4.10. The van der Waals surface area contributed by atoms with Crippen LogP contribution in [-0.2, 0) is 11.3 Å². The van der Waals surface area contributed by atoms with Crippen molar-refractivity contribution in [3.05, 3.63) is 18.0 Å². The third-order valence-electron chi connectivity index (χ3n) is 5.59. The average Bonchev–Trinajstić information content (AvgIpc) is 2.80. The lowest BCUT2D eigenvalue weighted by atomic mass is 10.1. The molecule has 2 aliphatic carbocycles. The molecule has 2 fully saturated rings. The first kappa shape index (κ1) is 18.9. The molecule has 6 nitrogen and oxygen atoms in total. The van der Waals surface area contributed by atoms with Crippen LogP contribution in [0.5, 0.6) is 0 Å². The summed E-state index contributed by atoms with van der Waals surface area (Å²) in [5.74, 6) is -0.143. The first-order valence-electron chi connectivity index (χ1n) is 10.3. The summed E-state index contributed by atoms with van der Waals surface area (Å²) < 4.78 is 1.56. The van der Waals surface area contributed by atoms with Crippen LogP contribution in [-0.4, -0.2) is 33.7 Å². The number of amides is 2. The second kappa shape index (κ2) is 9.74. The van der Waals surface area contributed by atoms with Crippen LogP contribution >= 0.6 is 0 Å². The van der Waals surface area contributed by atoms with Gasteiger partial charge in [0.05, 0.1) is 0 Å². The molecular weight excluding hydrogens is 328 g/mol. The summed E-state index contributed by atoms with van der Waals surface area (Å²) in [4.78, 5) is 24.6. The van der Waals surface area contributed by atoms with Gasteiger partial charge in [-0.05, 0) is 31.7 Å². The minimum absolute atomic E-state index is 0.0178. The smallest absolute Gasteiger partial charge is 0.271 e. The van der Waals surface area contributed by atoms with Crippen LogP contribution in [0, 0.1) is 0 Å². The van der Waals surface area contributed by atoms with Gasteiger partial charge in [0.25, 0.3) is 5.91 Å². The van der Waals surface area contributed by atoms with E-state index < -0.39 is 0 Å². The third kappa shape index (κ3) is 5.85. The minimum atomic E-state index is -0.125. The van der Waals surface area contributed by atoms with Crippen LogP contribution in [0.1, 0.15) is 87.5 Å². The van der Waals surface area contributed by atoms with E-state index in [1.165, 1.54) is 51.4 Å². The Kier molecular flexibility index (Phi) is 7.09. The fraction of sp³-hybridized carbons (Fsp3) is 0.750. The Morgan fingerprint density at radius 3 is 2.00 bits per heavy atom. The maximum Gasteiger partial charge on any atom is 0.271 e. The lowest BCUT2D eigenvalue weighted by molar-refractivity contribution is -0.122. The van der Waals surface area contributed by atoms with Crippen molar-refractivity contribution < 1.29 is 9.59 Å². The minimum Gasteiger partial charge on any atom is -0.352 e. The van der Waals surface area contributed by atoms with Gasteiger partial charge in [-0.25, -0.2) is 0 Å². The lowest BCUT2D eigenvalue weighted by Crippen LogP contribution is -2.37. The Hall–Kier alpha value is -1.85. The van der Waals surface area contributed by atoms with Gasteiger partial charge >= 0.3 is 0 Å². The van der Waals surface area contributed by atoms with Crippen molar-refractivity contribution in [2.45, 2.75) is 95.7 Å². The fourth-order valence-corrected chi connectivity index (χ4v) is 4.10. The molecule has 2 N–H and O–H groups in total. The normalized spacial score (nSPS) is 20.2. The standard InChI is InChI=1S/C20H32N4O2/c25-19(21-16-9-5-1-2-6-10-16)15-24-14-13-18(23-24)20(26)22-17-11-7-3-4-8-12-17/h13-14,16-17H,1-12,15H2,(H,21,25)(H,22,26). The van der Waals surface area contributed by atoms with Gasteiger partial charge in [0.15, 0.2) is 0 Å². The summed E-state index contributed by atoms with van der Waals surface area (Å²) in [6, 6.07) is 2.25. The van der Waals surface area contributed by atoms with E-state index in [0.29, 0.717) is 11.7 Å². The second-order valence-electron chi connectivity index (χ2n) is 7.82. The summed E-state index contributed by atoms with van der Waals surface area (Å²) in [5, 5.41) is 10.5. The van der Waals surface area contributed by atoms with E-state index in [4.69, 9.17) is 0 Å².